The van der Waals surface area contributed by atoms with E-state index in [1.807, 2.05) is 42.7 Å². The third kappa shape index (κ3) is 5.19. The maximum Gasteiger partial charge on any atom is 0.316 e. The van der Waals surface area contributed by atoms with E-state index in [9.17, 15) is 9.59 Å². The first kappa shape index (κ1) is 30.5. The molecule has 0 saturated heterocycles. The van der Waals surface area contributed by atoms with Crippen molar-refractivity contribution in [1.29, 1.82) is 0 Å². The van der Waals surface area contributed by atoms with E-state index in [4.69, 9.17) is 33.7 Å². The number of carbonyl (C=O) groups is 2. The summed E-state index contributed by atoms with van der Waals surface area (Å²) in [4.78, 5) is 41.0. The minimum Gasteiger partial charge on any atom is -0.467 e. The molecular formula is C33H29Cl2N9O3. The lowest BCUT2D eigenvalue weighted by Gasteiger charge is -2.18. The molecule has 6 heterocycles. The van der Waals surface area contributed by atoms with Crippen molar-refractivity contribution in [1.82, 2.24) is 39.7 Å². The van der Waals surface area contributed by atoms with Crippen LogP contribution in [0.3, 0.4) is 0 Å². The van der Waals surface area contributed by atoms with Crippen molar-refractivity contribution in [2.45, 2.75) is 26.9 Å². The molecule has 2 aliphatic heterocycles. The number of hydrogen-bond acceptors (Lipinski definition) is 8. The number of methoxy groups -OCH3 is 1. The van der Waals surface area contributed by atoms with Crippen LogP contribution in [0.5, 0.6) is 6.01 Å². The van der Waals surface area contributed by atoms with E-state index in [-0.39, 0.29) is 17.8 Å². The van der Waals surface area contributed by atoms with Gasteiger partial charge < -0.3 is 30.2 Å². The predicted molar refractivity (Wildman–Crippen MR) is 181 cm³/mol. The second-order valence-electron chi connectivity index (χ2n) is 11.2. The first-order valence-corrected chi connectivity index (χ1v) is 15.6. The van der Waals surface area contributed by atoms with Gasteiger partial charge >= 0.3 is 6.01 Å². The Balaban J connectivity index is 0.000000150. The van der Waals surface area contributed by atoms with Gasteiger partial charge in [-0.05, 0) is 49.2 Å². The maximum atomic E-state index is 12.3. The normalized spacial score (nSPS) is 13.8. The smallest absolute Gasteiger partial charge is 0.316 e. The number of anilines is 1. The Bertz CT molecular complexity index is 2230. The SMILES string of the molecule is COc1ncc(-c2cc(Cl)cc3c(C)c4n(c23)CCNC4=O)cn1.Cc1c2n(c3c(-c4cnc(N)nc4)cc(Cl)cc13)CCNC2=O. The zero-order valence-corrected chi connectivity index (χ0v) is 27.2. The molecule has 4 aromatic heterocycles. The molecule has 0 fully saturated rings. The van der Waals surface area contributed by atoms with Gasteiger partial charge in [0.15, 0.2) is 0 Å². The van der Waals surface area contributed by atoms with Crippen LogP contribution in [0, 0.1) is 13.8 Å². The Morgan fingerprint density at radius 2 is 1.15 bits per heavy atom. The number of fused-ring (bicyclic) bond motifs is 6. The number of nitrogens with zero attached hydrogens (tertiary/aromatic N) is 6. The Hall–Kier alpha value is -5.20. The van der Waals surface area contributed by atoms with Gasteiger partial charge in [-0.1, -0.05) is 23.2 Å². The first-order valence-electron chi connectivity index (χ1n) is 14.8. The van der Waals surface area contributed by atoms with Gasteiger partial charge in [-0.2, -0.15) is 0 Å². The molecule has 0 spiro atoms. The highest BCUT2D eigenvalue weighted by atomic mass is 35.5. The zero-order chi connectivity index (χ0) is 33.0. The summed E-state index contributed by atoms with van der Waals surface area (Å²) in [5.41, 5.74) is 14.2. The highest BCUT2D eigenvalue weighted by Gasteiger charge is 2.27. The molecule has 238 valence electrons. The molecule has 0 aliphatic carbocycles. The van der Waals surface area contributed by atoms with Crippen molar-refractivity contribution in [2.75, 3.05) is 25.9 Å². The highest BCUT2D eigenvalue weighted by molar-refractivity contribution is 6.32. The van der Waals surface area contributed by atoms with Crippen LogP contribution in [0.2, 0.25) is 10.0 Å². The van der Waals surface area contributed by atoms with Crippen molar-refractivity contribution in [3.8, 4) is 28.3 Å². The van der Waals surface area contributed by atoms with E-state index in [2.05, 4.69) is 35.1 Å². The van der Waals surface area contributed by atoms with Gasteiger partial charge in [-0.25, -0.2) is 19.9 Å². The Morgan fingerprint density at radius 1 is 0.723 bits per heavy atom. The van der Waals surface area contributed by atoms with Gasteiger partial charge in [0.2, 0.25) is 5.95 Å². The fourth-order valence-corrected chi connectivity index (χ4v) is 6.91. The third-order valence-corrected chi connectivity index (χ3v) is 8.96. The van der Waals surface area contributed by atoms with Gasteiger partial charge in [0, 0.05) is 94.0 Å². The van der Waals surface area contributed by atoms with Crippen LogP contribution < -0.4 is 21.1 Å². The lowest BCUT2D eigenvalue weighted by atomic mass is 10.0. The molecule has 2 aliphatic rings. The van der Waals surface area contributed by atoms with E-state index < -0.39 is 0 Å². The summed E-state index contributed by atoms with van der Waals surface area (Å²) in [5, 5.41) is 8.94. The Kier molecular flexibility index (Phi) is 7.69. The van der Waals surface area contributed by atoms with Gasteiger partial charge in [-0.3, -0.25) is 9.59 Å². The molecule has 0 radical (unpaired) electrons. The highest BCUT2D eigenvalue weighted by Crippen LogP contribution is 2.38. The molecule has 0 atom stereocenters. The molecule has 8 rings (SSSR count). The maximum absolute atomic E-state index is 12.3. The van der Waals surface area contributed by atoms with Crippen molar-refractivity contribution >= 4 is 62.8 Å². The van der Waals surface area contributed by atoms with E-state index >= 15 is 0 Å². The molecule has 2 aromatic carbocycles. The number of aromatic nitrogens is 6. The van der Waals surface area contributed by atoms with Crippen LogP contribution >= 0.6 is 23.2 Å². The van der Waals surface area contributed by atoms with Crippen LogP contribution in [0.1, 0.15) is 32.1 Å². The number of nitrogen functional groups attached to an aromatic ring is 1. The van der Waals surface area contributed by atoms with Gasteiger partial charge in [0.05, 0.1) is 18.1 Å². The second-order valence-corrected chi connectivity index (χ2v) is 12.1. The van der Waals surface area contributed by atoms with Gasteiger partial charge in [0.25, 0.3) is 11.8 Å². The number of carbonyl (C=O) groups excluding carboxylic acids is 2. The summed E-state index contributed by atoms with van der Waals surface area (Å²) in [5.74, 6) is 0.114. The van der Waals surface area contributed by atoms with E-state index in [1.165, 1.54) is 7.11 Å². The average molecular weight is 671 g/mol. The topological polar surface area (TPSA) is 155 Å². The monoisotopic (exact) mass is 669 g/mol. The Labute approximate surface area is 278 Å². The van der Waals surface area contributed by atoms with Crippen molar-refractivity contribution in [3.05, 3.63) is 81.6 Å². The van der Waals surface area contributed by atoms with E-state index in [0.29, 0.717) is 40.5 Å². The fraction of sp³-hybridized carbons (Fsp3) is 0.212. The summed E-state index contributed by atoms with van der Waals surface area (Å²) in [6.45, 7) is 6.54. The zero-order valence-electron chi connectivity index (χ0n) is 25.7. The summed E-state index contributed by atoms with van der Waals surface area (Å²) >= 11 is 12.6. The summed E-state index contributed by atoms with van der Waals surface area (Å²) in [6, 6.07) is 7.86. The number of ether oxygens (including phenoxy) is 1. The number of nitrogens with one attached hydrogen (secondary N) is 2. The number of halogens is 2. The quantitative estimate of drug-likeness (QED) is 0.232. The van der Waals surface area contributed by atoms with Crippen molar-refractivity contribution in [2.24, 2.45) is 0 Å². The van der Waals surface area contributed by atoms with Crippen LogP contribution in [-0.4, -0.2) is 61.1 Å². The van der Waals surface area contributed by atoms with E-state index in [0.717, 1.165) is 68.3 Å². The molecule has 47 heavy (non-hydrogen) atoms. The lowest BCUT2D eigenvalue weighted by Crippen LogP contribution is -2.35. The molecule has 4 N–H and O–H groups in total. The molecule has 6 aromatic rings. The van der Waals surface area contributed by atoms with Crippen LogP contribution in [0.25, 0.3) is 44.1 Å². The van der Waals surface area contributed by atoms with Crippen molar-refractivity contribution in [3.63, 3.8) is 0 Å². The number of aryl methyl sites for hydroxylation is 2. The van der Waals surface area contributed by atoms with Crippen molar-refractivity contribution < 1.29 is 14.3 Å². The molecule has 12 nitrogen and oxygen atoms in total. The minimum atomic E-state index is -0.0550. The number of nitrogens with two attached hydrogens (primary N) is 1. The average Bonchev–Trinajstić information content (AvgIpc) is 3.52. The molecule has 14 heteroatoms. The molecule has 2 amide bonds. The minimum absolute atomic E-state index is 0.0528. The molecule has 0 unspecified atom stereocenters. The Morgan fingerprint density at radius 3 is 1.57 bits per heavy atom. The largest absolute Gasteiger partial charge is 0.467 e. The number of benzene rings is 2. The van der Waals surface area contributed by atoms with Crippen LogP contribution in [0.15, 0.2) is 49.1 Å². The molecular weight excluding hydrogens is 641 g/mol. The lowest BCUT2D eigenvalue weighted by molar-refractivity contribution is 0.0920. The van der Waals surface area contributed by atoms with Gasteiger partial charge in [0.1, 0.15) is 11.4 Å². The van der Waals surface area contributed by atoms with Crippen LogP contribution in [-0.2, 0) is 13.1 Å². The standard InChI is InChI=1S/C17H15ClN4O2.C16H14ClN5O/c1-9-12-5-11(18)6-13(10-7-20-17(24-2)21-8-10)15(12)22-4-3-19-16(23)14(9)22;1-8-11-4-10(17)5-12(9-6-20-16(18)21-7-9)14(11)22-3-2-19-15(23)13(8)22/h5-8H,3-4H2,1-2H3,(H,19,23);4-7H,2-3H2,1H3,(H,19,23)(H2,18,20,21). The second kappa shape index (κ2) is 11.9. The fourth-order valence-electron chi connectivity index (χ4n) is 6.48. The van der Waals surface area contributed by atoms with E-state index in [1.54, 1.807) is 24.8 Å². The third-order valence-electron chi connectivity index (χ3n) is 8.52. The predicted octanol–water partition coefficient (Wildman–Crippen LogP) is 5.20. The summed E-state index contributed by atoms with van der Waals surface area (Å²) in [6.07, 6.45) is 6.75. The molecule has 0 bridgehead atoms. The van der Waals surface area contributed by atoms with Crippen LogP contribution in [0.4, 0.5) is 5.95 Å². The number of amides is 2. The first-order chi connectivity index (χ1) is 22.7. The van der Waals surface area contributed by atoms with Gasteiger partial charge in [-0.15, -0.1) is 0 Å². The summed E-state index contributed by atoms with van der Waals surface area (Å²) in [7, 11) is 1.53. The number of rotatable bonds is 3. The summed E-state index contributed by atoms with van der Waals surface area (Å²) < 4.78 is 9.12. The number of hydrogen-bond donors (Lipinski definition) is 3. The molecule has 0 saturated carbocycles.